The number of carbonyl (C=O) groups is 3. The number of pyridine rings is 1. The zero-order valence-electron chi connectivity index (χ0n) is 25.0. The van der Waals surface area contributed by atoms with Gasteiger partial charge < -0.3 is 15.5 Å². The lowest BCUT2D eigenvalue weighted by atomic mass is 9.84. The van der Waals surface area contributed by atoms with Gasteiger partial charge in [0.2, 0.25) is 11.8 Å². The number of benzene rings is 3. The normalized spacial score (nSPS) is 12.6. The van der Waals surface area contributed by atoms with Crippen molar-refractivity contribution in [2.24, 2.45) is 0 Å². The Morgan fingerprint density at radius 2 is 1.77 bits per heavy atom. The van der Waals surface area contributed by atoms with Gasteiger partial charge in [-0.1, -0.05) is 41.9 Å². The monoisotopic (exact) mass is 584 g/mol. The van der Waals surface area contributed by atoms with Crippen molar-refractivity contribution in [3.8, 4) is 11.1 Å². The van der Waals surface area contributed by atoms with Crippen molar-refractivity contribution >= 4 is 58.9 Å². The van der Waals surface area contributed by atoms with E-state index in [0.29, 0.717) is 16.6 Å². The summed E-state index contributed by atoms with van der Waals surface area (Å²) in [6.45, 7) is 3.39. The van der Waals surface area contributed by atoms with Crippen LogP contribution in [0.25, 0.3) is 22.0 Å². The SMILES string of the molecule is Bc1c(NC(=O)CN(C(=O)Cn2nc(C(C)=O)c3cc(Nc4cccnc4)ccc32)C2CC2)cccc1-c1ccccc1C. The third-order valence-electron chi connectivity index (χ3n) is 7.98. The highest BCUT2D eigenvalue weighted by molar-refractivity contribution is 6.40. The molecule has 3 aromatic carbocycles. The summed E-state index contributed by atoms with van der Waals surface area (Å²) in [6, 6.07) is 23.3. The highest BCUT2D eigenvalue weighted by Crippen LogP contribution is 2.29. The van der Waals surface area contributed by atoms with Crippen LogP contribution in [-0.4, -0.2) is 57.7 Å². The molecule has 0 aliphatic heterocycles. The number of nitrogens with one attached hydrogen (secondary N) is 2. The number of hydrogen-bond acceptors (Lipinski definition) is 6. The Kier molecular flexibility index (Phi) is 7.98. The number of carbonyl (C=O) groups excluding carboxylic acids is 3. The van der Waals surface area contributed by atoms with Gasteiger partial charge in [-0.25, -0.2) is 0 Å². The largest absolute Gasteiger partial charge is 0.354 e. The van der Waals surface area contributed by atoms with Crippen LogP contribution >= 0.6 is 0 Å². The van der Waals surface area contributed by atoms with Crippen LogP contribution in [0.2, 0.25) is 0 Å². The molecule has 2 amide bonds. The molecule has 9 nitrogen and oxygen atoms in total. The predicted molar refractivity (Wildman–Crippen MR) is 175 cm³/mol. The summed E-state index contributed by atoms with van der Waals surface area (Å²) < 4.78 is 1.56. The van der Waals surface area contributed by atoms with E-state index in [9.17, 15) is 14.4 Å². The molecule has 2 aromatic heterocycles. The van der Waals surface area contributed by atoms with Gasteiger partial charge in [-0.2, -0.15) is 5.10 Å². The van der Waals surface area contributed by atoms with Crippen molar-refractivity contribution in [1.29, 1.82) is 0 Å². The molecule has 1 saturated carbocycles. The van der Waals surface area contributed by atoms with Crippen LogP contribution in [0.15, 0.2) is 85.2 Å². The van der Waals surface area contributed by atoms with Gasteiger partial charge >= 0.3 is 0 Å². The molecule has 0 radical (unpaired) electrons. The summed E-state index contributed by atoms with van der Waals surface area (Å²) in [6.07, 6.45) is 5.11. The van der Waals surface area contributed by atoms with E-state index in [-0.39, 0.29) is 36.7 Å². The molecule has 2 heterocycles. The second-order valence-electron chi connectivity index (χ2n) is 11.3. The minimum atomic E-state index is -0.254. The number of aromatic nitrogens is 3. The summed E-state index contributed by atoms with van der Waals surface area (Å²) in [7, 11) is 1.99. The quantitative estimate of drug-likeness (QED) is 0.188. The molecule has 0 atom stereocenters. The molecule has 10 heteroatoms. The summed E-state index contributed by atoms with van der Waals surface area (Å²) in [5, 5.41) is 11.5. The van der Waals surface area contributed by atoms with Crippen LogP contribution in [0, 0.1) is 6.92 Å². The number of nitrogens with zero attached hydrogens (tertiary/aromatic N) is 4. The molecule has 1 aliphatic carbocycles. The fraction of sp³-hybridized carbons (Fsp3) is 0.206. The highest BCUT2D eigenvalue weighted by Gasteiger charge is 2.34. The summed E-state index contributed by atoms with van der Waals surface area (Å²) >= 11 is 0. The maximum Gasteiger partial charge on any atom is 0.245 e. The first-order valence-electron chi connectivity index (χ1n) is 14.7. The molecule has 1 fully saturated rings. The molecular formula is C34H33BN6O3. The summed E-state index contributed by atoms with van der Waals surface area (Å²) in [4.78, 5) is 45.2. The molecule has 0 saturated heterocycles. The van der Waals surface area contributed by atoms with E-state index in [2.05, 4.69) is 45.8 Å². The van der Waals surface area contributed by atoms with E-state index >= 15 is 0 Å². The van der Waals surface area contributed by atoms with Crippen molar-refractivity contribution in [3.05, 3.63) is 96.4 Å². The van der Waals surface area contributed by atoms with Crippen LogP contribution in [0.5, 0.6) is 0 Å². The Hall–Kier alpha value is -5.25. The zero-order valence-corrected chi connectivity index (χ0v) is 25.0. The molecule has 0 bridgehead atoms. The molecule has 0 unspecified atom stereocenters. The van der Waals surface area contributed by atoms with Gasteiger partial charge in [-0.3, -0.25) is 24.0 Å². The molecule has 2 N–H and O–H groups in total. The van der Waals surface area contributed by atoms with E-state index in [1.54, 1.807) is 22.0 Å². The Balaban J connectivity index is 1.19. The highest BCUT2D eigenvalue weighted by atomic mass is 16.2. The average Bonchev–Trinajstić information content (AvgIpc) is 3.79. The molecular weight excluding hydrogens is 551 g/mol. The second kappa shape index (κ2) is 12.2. The number of anilines is 3. The number of rotatable bonds is 10. The Morgan fingerprint density at radius 3 is 2.50 bits per heavy atom. The maximum atomic E-state index is 13.6. The lowest BCUT2D eigenvalue weighted by Crippen LogP contribution is -2.41. The van der Waals surface area contributed by atoms with E-state index < -0.39 is 0 Å². The van der Waals surface area contributed by atoms with Crippen LogP contribution in [-0.2, 0) is 16.1 Å². The topological polar surface area (TPSA) is 109 Å². The minimum Gasteiger partial charge on any atom is -0.354 e. The first-order valence-corrected chi connectivity index (χ1v) is 14.7. The summed E-state index contributed by atoms with van der Waals surface area (Å²) in [5.41, 5.74) is 7.58. The fourth-order valence-electron chi connectivity index (χ4n) is 5.55. The van der Waals surface area contributed by atoms with Gasteiger partial charge in [0, 0.05) is 35.9 Å². The number of Topliss-reactive ketones (excluding diaryl/α,β-unsaturated/α-hetero) is 1. The number of ketones is 1. The van der Waals surface area contributed by atoms with Crippen LogP contribution in [0.3, 0.4) is 0 Å². The molecule has 5 aromatic rings. The molecule has 1 aliphatic rings. The van der Waals surface area contributed by atoms with Gasteiger partial charge in [0.1, 0.15) is 26.6 Å². The van der Waals surface area contributed by atoms with Crippen LogP contribution in [0.1, 0.15) is 35.8 Å². The third-order valence-corrected chi connectivity index (χ3v) is 7.98. The lowest BCUT2D eigenvalue weighted by Gasteiger charge is -2.23. The number of fused-ring (bicyclic) bond motifs is 1. The van der Waals surface area contributed by atoms with Gasteiger partial charge in [0.05, 0.1) is 17.4 Å². The lowest BCUT2D eigenvalue weighted by molar-refractivity contribution is -0.135. The van der Waals surface area contributed by atoms with E-state index in [0.717, 1.165) is 52.1 Å². The van der Waals surface area contributed by atoms with Gasteiger partial charge in [-0.15, -0.1) is 0 Å². The predicted octanol–water partition coefficient (Wildman–Crippen LogP) is 4.24. The van der Waals surface area contributed by atoms with E-state index in [1.165, 1.54) is 6.92 Å². The van der Waals surface area contributed by atoms with Crippen molar-refractivity contribution in [3.63, 3.8) is 0 Å². The fourth-order valence-corrected chi connectivity index (χ4v) is 5.55. The van der Waals surface area contributed by atoms with Gasteiger partial charge in [0.15, 0.2) is 5.78 Å². The average molecular weight is 584 g/mol. The van der Waals surface area contributed by atoms with E-state index in [4.69, 9.17) is 0 Å². The van der Waals surface area contributed by atoms with Gasteiger partial charge in [-0.05, 0) is 72.9 Å². The second-order valence-corrected chi connectivity index (χ2v) is 11.3. The standard InChI is InChI=1S/C34H33BN6O3/c1-21-7-3-4-9-26(21)27-10-5-11-29(33(27)35)38-31(43)19-40(25-13-14-25)32(44)20-41-30-15-12-23(37-24-8-6-16-36-18-24)17-28(30)34(39-41)22(2)42/h3-12,15-18,25,37H,13-14,19-20,35H2,1-2H3,(H,38,43). The molecule has 0 spiro atoms. The molecule has 220 valence electrons. The van der Waals surface area contributed by atoms with Crippen LogP contribution < -0.4 is 16.1 Å². The smallest absolute Gasteiger partial charge is 0.245 e. The van der Waals surface area contributed by atoms with Crippen molar-refractivity contribution in [2.45, 2.75) is 39.3 Å². The van der Waals surface area contributed by atoms with E-state index in [1.807, 2.05) is 62.4 Å². The minimum absolute atomic E-state index is 0.0111. The first-order chi connectivity index (χ1) is 21.3. The summed E-state index contributed by atoms with van der Waals surface area (Å²) in [5.74, 6) is -0.664. The Labute approximate surface area is 256 Å². The van der Waals surface area contributed by atoms with Gasteiger partial charge in [0.25, 0.3) is 0 Å². The number of hydrogen-bond donors (Lipinski definition) is 2. The number of amides is 2. The van der Waals surface area contributed by atoms with Crippen molar-refractivity contribution in [2.75, 3.05) is 17.2 Å². The maximum absolute atomic E-state index is 13.6. The molecule has 6 rings (SSSR count). The Bertz CT molecular complexity index is 1880. The Morgan fingerprint density at radius 1 is 0.977 bits per heavy atom. The zero-order chi connectivity index (χ0) is 30.8. The number of aryl methyl sites for hydroxylation is 1. The van der Waals surface area contributed by atoms with Crippen molar-refractivity contribution in [1.82, 2.24) is 19.7 Å². The van der Waals surface area contributed by atoms with Crippen molar-refractivity contribution < 1.29 is 14.4 Å². The van der Waals surface area contributed by atoms with Crippen LogP contribution in [0.4, 0.5) is 17.1 Å². The third kappa shape index (κ3) is 6.10. The first kappa shape index (κ1) is 28.9. The molecule has 44 heavy (non-hydrogen) atoms.